The first kappa shape index (κ1) is 19.9. The van der Waals surface area contributed by atoms with Crippen molar-refractivity contribution in [3.63, 3.8) is 0 Å². The molecule has 0 heterocycles. The van der Waals surface area contributed by atoms with Crippen LogP contribution in [0.15, 0.2) is 41.3 Å². The number of hydrogen-bond donors (Lipinski definition) is 1. The Hall–Kier alpha value is -2.45. The lowest BCUT2D eigenvalue weighted by Crippen LogP contribution is -2.30. The van der Waals surface area contributed by atoms with Crippen molar-refractivity contribution >= 4 is 16.0 Å². The van der Waals surface area contributed by atoms with Gasteiger partial charge in [0, 0.05) is 5.56 Å². The van der Waals surface area contributed by atoms with Gasteiger partial charge in [-0.1, -0.05) is 6.07 Å². The third-order valence-corrected chi connectivity index (χ3v) is 5.23. The average molecular weight is 381 g/mol. The third kappa shape index (κ3) is 5.03. The first-order valence-electron chi connectivity index (χ1n) is 7.78. The van der Waals surface area contributed by atoms with Gasteiger partial charge in [-0.2, -0.15) is 4.72 Å². The second-order valence-corrected chi connectivity index (χ2v) is 7.45. The van der Waals surface area contributed by atoms with Crippen LogP contribution in [-0.4, -0.2) is 28.0 Å². The minimum Gasteiger partial charge on any atom is -0.496 e. The van der Waals surface area contributed by atoms with Gasteiger partial charge >= 0.3 is 5.97 Å². The zero-order valence-corrected chi connectivity index (χ0v) is 15.5. The molecule has 140 valence electrons. The Labute approximate surface area is 152 Å². The summed E-state index contributed by atoms with van der Waals surface area (Å²) >= 11 is 0. The van der Waals surface area contributed by atoms with E-state index in [9.17, 15) is 17.6 Å². The summed E-state index contributed by atoms with van der Waals surface area (Å²) in [7, 11) is -2.42. The highest BCUT2D eigenvalue weighted by Gasteiger charge is 2.17. The molecule has 0 saturated heterocycles. The second-order valence-electron chi connectivity index (χ2n) is 5.69. The first-order chi connectivity index (χ1) is 12.2. The third-order valence-electron chi connectivity index (χ3n) is 3.83. The number of carbonyl (C=O) groups excluding carboxylic acids is 1. The minimum absolute atomic E-state index is 0.0696. The lowest BCUT2D eigenvalue weighted by Gasteiger charge is -2.11. The minimum atomic E-state index is -3.83. The molecule has 0 aliphatic carbocycles. The van der Waals surface area contributed by atoms with Gasteiger partial charge in [0.1, 0.15) is 24.7 Å². The lowest BCUT2D eigenvalue weighted by molar-refractivity contribution is -0.143. The van der Waals surface area contributed by atoms with Crippen LogP contribution in [0.5, 0.6) is 5.75 Å². The monoisotopic (exact) mass is 381 g/mol. The fourth-order valence-electron chi connectivity index (χ4n) is 2.19. The number of carbonyl (C=O) groups is 1. The second kappa shape index (κ2) is 8.29. The number of aryl methyl sites for hydroxylation is 2. The van der Waals surface area contributed by atoms with Crippen molar-refractivity contribution in [1.82, 2.24) is 4.72 Å². The standard InChI is InChI=1S/C18H20FNO5S/c1-12-4-6-16(8-13(12)2)26(22,23)20-10-18(21)25-11-14-9-15(19)5-7-17(14)24-3/h4-9,20H,10-11H2,1-3H3. The summed E-state index contributed by atoms with van der Waals surface area (Å²) in [6, 6.07) is 8.51. The maximum absolute atomic E-state index is 13.3. The Morgan fingerprint density at radius 1 is 1.12 bits per heavy atom. The molecule has 0 aliphatic rings. The Morgan fingerprint density at radius 2 is 1.85 bits per heavy atom. The van der Waals surface area contributed by atoms with E-state index < -0.39 is 28.4 Å². The maximum Gasteiger partial charge on any atom is 0.321 e. The molecule has 2 aromatic carbocycles. The average Bonchev–Trinajstić information content (AvgIpc) is 2.60. The summed E-state index contributed by atoms with van der Waals surface area (Å²) in [4.78, 5) is 11.9. The summed E-state index contributed by atoms with van der Waals surface area (Å²) in [6.07, 6.45) is 0. The van der Waals surface area contributed by atoms with E-state index in [0.29, 0.717) is 11.3 Å². The quantitative estimate of drug-likeness (QED) is 0.745. The van der Waals surface area contributed by atoms with Gasteiger partial charge < -0.3 is 9.47 Å². The molecule has 0 spiro atoms. The van der Waals surface area contributed by atoms with E-state index >= 15 is 0 Å². The molecule has 2 rings (SSSR count). The normalized spacial score (nSPS) is 11.2. The molecule has 0 radical (unpaired) electrons. The Kier molecular flexibility index (Phi) is 6.33. The summed E-state index contributed by atoms with van der Waals surface area (Å²) in [5.41, 5.74) is 2.14. The van der Waals surface area contributed by atoms with Crippen molar-refractivity contribution in [1.29, 1.82) is 0 Å². The van der Waals surface area contributed by atoms with E-state index in [1.807, 2.05) is 6.92 Å². The van der Waals surface area contributed by atoms with Gasteiger partial charge in [-0.15, -0.1) is 0 Å². The van der Waals surface area contributed by atoms with Gasteiger partial charge in [0.2, 0.25) is 10.0 Å². The molecule has 0 aliphatic heterocycles. The SMILES string of the molecule is COc1ccc(F)cc1COC(=O)CNS(=O)(=O)c1ccc(C)c(C)c1. The van der Waals surface area contributed by atoms with Gasteiger partial charge in [0.25, 0.3) is 0 Å². The summed E-state index contributed by atoms with van der Waals surface area (Å²) in [5.74, 6) is -0.911. The molecule has 6 nitrogen and oxygen atoms in total. The van der Waals surface area contributed by atoms with Gasteiger partial charge in [0.15, 0.2) is 0 Å². The highest BCUT2D eigenvalue weighted by Crippen LogP contribution is 2.20. The van der Waals surface area contributed by atoms with Crippen molar-refractivity contribution in [2.75, 3.05) is 13.7 Å². The van der Waals surface area contributed by atoms with Crippen molar-refractivity contribution in [3.8, 4) is 5.75 Å². The topological polar surface area (TPSA) is 81.7 Å². The number of benzene rings is 2. The molecule has 0 saturated carbocycles. The van der Waals surface area contributed by atoms with Crippen LogP contribution in [0.25, 0.3) is 0 Å². The van der Waals surface area contributed by atoms with E-state index in [1.54, 1.807) is 13.0 Å². The number of esters is 1. The zero-order valence-electron chi connectivity index (χ0n) is 14.7. The van der Waals surface area contributed by atoms with Gasteiger partial charge in [-0.3, -0.25) is 4.79 Å². The van der Waals surface area contributed by atoms with E-state index in [2.05, 4.69) is 4.72 Å². The number of sulfonamides is 1. The van der Waals surface area contributed by atoms with Crippen LogP contribution in [-0.2, 0) is 26.2 Å². The highest BCUT2D eigenvalue weighted by molar-refractivity contribution is 7.89. The van der Waals surface area contributed by atoms with Crippen LogP contribution in [0.2, 0.25) is 0 Å². The number of methoxy groups -OCH3 is 1. The Bertz CT molecular complexity index is 912. The predicted octanol–water partition coefficient (Wildman–Crippen LogP) is 2.47. The highest BCUT2D eigenvalue weighted by atomic mass is 32.2. The van der Waals surface area contributed by atoms with Crippen LogP contribution in [0, 0.1) is 19.7 Å². The number of halogens is 1. The van der Waals surface area contributed by atoms with E-state index in [0.717, 1.165) is 11.1 Å². The van der Waals surface area contributed by atoms with Gasteiger partial charge in [0.05, 0.1) is 12.0 Å². The fourth-order valence-corrected chi connectivity index (χ4v) is 3.24. The summed E-state index contributed by atoms with van der Waals surface area (Å²) in [6.45, 7) is 2.91. The first-order valence-corrected chi connectivity index (χ1v) is 9.26. The molecule has 26 heavy (non-hydrogen) atoms. The number of rotatable bonds is 7. The lowest BCUT2D eigenvalue weighted by atomic mass is 10.1. The van der Waals surface area contributed by atoms with Crippen LogP contribution < -0.4 is 9.46 Å². The van der Waals surface area contributed by atoms with E-state index in [4.69, 9.17) is 9.47 Å². The smallest absolute Gasteiger partial charge is 0.321 e. The molecule has 0 bridgehead atoms. The zero-order chi connectivity index (χ0) is 19.3. The molecule has 0 unspecified atom stereocenters. The van der Waals surface area contributed by atoms with Gasteiger partial charge in [-0.05, 0) is 55.3 Å². The molecule has 0 atom stereocenters. The number of ether oxygens (including phenoxy) is 2. The van der Waals surface area contributed by atoms with E-state index in [-0.39, 0.29) is 11.5 Å². The van der Waals surface area contributed by atoms with Crippen LogP contribution >= 0.6 is 0 Å². The molecular weight excluding hydrogens is 361 g/mol. The Balaban J connectivity index is 1.96. The van der Waals surface area contributed by atoms with Gasteiger partial charge in [-0.25, -0.2) is 12.8 Å². The molecular formula is C18H20FNO5S. The fraction of sp³-hybridized carbons (Fsp3) is 0.278. The molecule has 1 N–H and O–H groups in total. The Morgan fingerprint density at radius 3 is 2.50 bits per heavy atom. The van der Waals surface area contributed by atoms with Crippen molar-refractivity contribution in [2.24, 2.45) is 0 Å². The predicted molar refractivity (Wildman–Crippen MR) is 93.9 cm³/mol. The molecule has 0 aromatic heterocycles. The largest absolute Gasteiger partial charge is 0.496 e. The number of nitrogens with one attached hydrogen (secondary N) is 1. The molecule has 2 aromatic rings. The summed E-state index contributed by atoms with van der Waals surface area (Å²) in [5, 5.41) is 0. The van der Waals surface area contributed by atoms with Crippen molar-refractivity contribution in [3.05, 3.63) is 58.9 Å². The molecule has 0 fully saturated rings. The number of hydrogen-bond acceptors (Lipinski definition) is 5. The molecule has 0 amide bonds. The van der Waals surface area contributed by atoms with Crippen LogP contribution in [0.4, 0.5) is 4.39 Å². The van der Waals surface area contributed by atoms with Crippen LogP contribution in [0.3, 0.4) is 0 Å². The van der Waals surface area contributed by atoms with Crippen molar-refractivity contribution < 1.29 is 27.1 Å². The van der Waals surface area contributed by atoms with E-state index in [1.165, 1.54) is 37.4 Å². The van der Waals surface area contributed by atoms with Crippen LogP contribution in [0.1, 0.15) is 16.7 Å². The van der Waals surface area contributed by atoms with Crippen molar-refractivity contribution in [2.45, 2.75) is 25.3 Å². The maximum atomic E-state index is 13.3. The summed E-state index contributed by atoms with van der Waals surface area (Å²) < 4.78 is 50.0. The molecule has 8 heteroatoms.